The highest BCUT2D eigenvalue weighted by Crippen LogP contribution is 2.35. The summed E-state index contributed by atoms with van der Waals surface area (Å²) in [6.45, 7) is 2.53. The van der Waals surface area contributed by atoms with Gasteiger partial charge in [-0.25, -0.2) is 9.79 Å². The van der Waals surface area contributed by atoms with Crippen molar-refractivity contribution >= 4 is 56.5 Å². The molecule has 0 aliphatic carbocycles. The van der Waals surface area contributed by atoms with Gasteiger partial charge in [-0.3, -0.25) is 9.69 Å². The summed E-state index contributed by atoms with van der Waals surface area (Å²) in [6.07, 6.45) is 1.83. The second-order valence-corrected chi connectivity index (χ2v) is 9.47. The number of rotatable bonds is 7. The van der Waals surface area contributed by atoms with Crippen molar-refractivity contribution in [2.45, 2.75) is 13.5 Å². The largest absolute Gasteiger partial charge is 0.488 e. The number of amidine groups is 1. The Morgan fingerprint density at radius 3 is 2.63 bits per heavy atom. The number of hydrogen-bond acceptors (Lipinski definition) is 6. The molecule has 1 fully saturated rings. The number of amides is 1. The Labute approximate surface area is 216 Å². The van der Waals surface area contributed by atoms with Gasteiger partial charge in [-0.05, 0) is 82.2 Å². The minimum atomic E-state index is -0.402. The van der Waals surface area contributed by atoms with Crippen molar-refractivity contribution in [2.24, 2.45) is 4.99 Å². The van der Waals surface area contributed by atoms with Gasteiger partial charge in [0, 0.05) is 7.05 Å². The second kappa shape index (κ2) is 11.4. The van der Waals surface area contributed by atoms with Crippen LogP contribution in [0.5, 0.6) is 5.75 Å². The molecule has 178 valence electrons. The molecule has 1 heterocycles. The molecule has 1 saturated heterocycles. The number of halogens is 1. The summed E-state index contributed by atoms with van der Waals surface area (Å²) in [5.41, 5.74) is 2.93. The van der Waals surface area contributed by atoms with Gasteiger partial charge in [0.15, 0.2) is 5.17 Å². The van der Waals surface area contributed by atoms with Gasteiger partial charge >= 0.3 is 5.97 Å². The van der Waals surface area contributed by atoms with Gasteiger partial charge in [0.05, 0.1) is 27.2 Å². The first-order valence-electron chi connectivity index (χ1n) is 10.9. The lowest BCUT2D eigenvalue weighted by Crippen LogP contribution is -2.23. The minimum Gasteiger partial charge on any atom is -0.488 e. The van der Waals surface area contributed by atoms with Crippen molar-refractivity contribution in [2.75, 3.05) is 13.7 Å². The number of ether oxygens (including phenoxy) is 2. The summed E-state index contributed by atoms with van der Waals surface area (Å²) in [4.78, 5) is 31.5. The van der Waals surface area contributed by atoms with Gasteiger partial charge in [0.2, 0.25) is 0 Å². The van der Waals surface area contributed by atoms with Crippen LogP contribution in [0.4, 0.5) is 5.69 Å². The van der Waals surface area contributed by atoms with Gasteiger partial charge < -0.3 is 9.47 Å². The average Bonchev–Trinajstić information content (AvgIpc) is 3.12. The third kappa shape index (κ3) is 6.21. The fraction of sp³-hybridized carbons (Fsp3) is 0.148. The first kappa shape index (κ1) is 24.8. The smallest absolute Gasteiger partial charge is 0.338 e. The van der Waals surface area contributed by atoms with Crippen molar-refractivity contribution in [3.05, 3.63) is 98.9 Å². The molecule has 8 heteroatoms. The third-order valence-corrected chi connectivity index (χ3v) is 6.76. The molecule has 0 bridgehead atoms. The van der Waals surface area contributed by atoms with Crippen molar-refractivity contribution in [1.82, 2.24) is 4.90 Å². The highest BCUT2D eigenvalue weighted by atomic mass is 79.9. The van der Waals surface area contributed by atoms with Crippen LogP contribution in [0.2, 0.25) is 0 Å². The molecule has 0 saturated carbocycles. The molecule has 3 aromatic rings. The summed E-state index contributed by atoms with van der Waals surface area (Å²) in [5, 5.41) is 0.532. The van der Waals surface area contributed by atoms with Crippen LogP contribution in [-0.2, 0) is 16.1 Å². The highest BCUT2D eigenvalue weighted by molar-refractivity contribution is 9.10. The molecule has 0 aromatic heterocycles. The van der Waals surface area contributed by atoms with E-state index in [0.29, 0.717) is 34.5 Å². The lowest BCUT2D eigenvalue weighted by molar-refractivity contribution is -0.121. The molecule has 3 aromatic carbocycles. The van der Waals surface area contributed by atoms with Crippen LogP contribution in [0.15, 0.2) is 87.2 Å². The predicted octanol–water partition coefficient (Wildman–Crippen LogP) is 6.44. The monoisotopic (exact) mass is 550 g/mol. The van der Waals surface area contributed by atoms with Crippen LogP contribution >= 0.6 is 27.7 Å². The van der Waals surface area contributed by atoms with E-state index in [9.17, 15) is 9.59 Å². The van der Waals surface area contributed by atoms with Gasteiger partial charge in [-0.15, -0.1) is 0 Å². The molecule has 0 radical (unpaired) electrons. The Kier molecular flexibility index (Phi) is 8.05. The molecule has 1 aliphatic rings. The fourth-order valence-corrected chi connectivity index (χ4v) is 4.79. The average molecular weight is 551 g/mol. The summed E-state index contributed by atoms with van der Waals surface area (Å²) < 4.78 is 11.8. The molecule has 0 N–H and O–H groups in total. The van der Waals surface area contributed by atoms with E-state index >= 15 is 0 Å². The van der Waals surface area contributed by atoms with E-state index in [2.05, 4.69) is 20.9 Å². The molecular weight excluding hydrogens is 528 g/mol. The lowest BCUT2D eigenvalue weighted by Gasteiger charge is -2.09. The van der Waals surface area contributed by atoms with E-state index in [1.165, 1.54) is 16.7 Å². The van der Waals surface area contributed by atoms with Crippen molar-refractivity contribution in [3.8, 4) is 5.75 Å². The van der Waals surface area contributed by atoms with Crippen LogP contribution in [0.25, 0.3) is 6.08 Å². The van der Waals surface area contributed by atoms with E-state index in [0.717, 1.165) is 21.3 Å². The molecule has 0 unspecified atom stereocenters. The van der Waals surface area contributed by atoms with Crippen LogP contribution in [0.3, 0.4) is 0 Å². The van der Waals surface area contributed by atoms with Gasteiger partial charge in [0.1, 0.15) is 12.4 Å². The fourth-order valence-electron chi connectivity index (χ4n) is 3.29. The van der Waals surface area contributed by atoms with Crippen LogP contribution in [-0.4, -0.2) is 35.6 Å². The number of benzene rings is 3. The first-order chi connectivity index (χ1) is 16.9. The quantitative estimate of drug-likeness (QED) is 0.250. The third-order valence-electron chi connectivity index (χ3n) is 5.08. The van der Waals surface area contributed by atoms with Crippen LogP contribution in [0, 0.1) is 0 Å². The highest BCUT2D eigenvalue weighted by Gasteiger charge is 2.30. The number of nitrogens with zero attached hydrogens (tertiary/aromatic N) is 2. The number of thioether (sulfide) groups is 1. The number of carbonyl (C=O) groups is 2. The Hall–Kier alpha value is -3.36. The van der Waals surface area contributed by atoms with Crippen LogP contribution < -0.4 is 4.74 Å². The minimum absolute atomic E-state index is 0.143. The number of carbonyl (C=O) groups excluding carboxylic acids is 2. The maximum Gasteiger partial charge on any atom is 0.338 e. The maximum absolute atomic E-state index is 12.8. The van der Waals surface area contributed by atoms with Crippen molar-refractivity contribution in [3.63, 3.8) is 0 Å². The van der Waals surface area contributed by atoms with Crippen molar-refractivity contribution in [1.29, 1.82) is 0 Å². The number of hydrogen-bond donors (Lipinski definition) is 0. The van der Waals surface area contributed by atoms with Gasteiger partial charge in [-0.2, -0.15) is 0 Å². The molecule has 4 rings (SSSR count). The number of likely N-dealkylation sites (N-methyl/N-ethyl adjacent to an activating group) is 1. The molecule has 35 heavy (non-hydrogen) atoms. The van der Waals surface area contributed by atoms with E-state index < -0.39 is 5.97 Å². The second-order valence-electron chi connectivity index (χ2n) is 7.60. The molecular formula is C27H23BrN2O4S. The normalized spacial score (nSPS) is 15.6. The topological polar surface area (TPSA) is 68.2 Å². The summed E-state index contributed by atoms with van der Waals surface area (Å²) in [6, 6.07) is 22.5. The van der Waals surface area contributed by atoms with Gasteiger partial charge in [-0.1, -0.05) is 42.5 Å². The zero-order valence-electron chi connectivity index (χ0n) is 19.2. The zero-order chi connectivity index (χ0) is 24.8. The number of esters is 1. The molecule has 0 atom stereocenters. The number of aliphatic imine (C=N–C) groups is 1. The van der Waals surface area contributed by atoms with E-state index in [4.69, 9.17) is 9.47 Å². The summed E-state index contributed by atoms with van der Waals surface area (Å²) in [5.74, 6) is 0.179. The Morgan fingerprint density at radius 2 is 1.89 bits per heavy atom. The summed E-state index contributed by atoms with van der Waals surface area (Å²) >= 11 is 4.85. The van der Waals surface area contributed by atoms with E-state index in [1.54, 1.807) is 38.2 Å². The zero-order valence-corrected chi connectivity index (χ0v) is 21.6. The molecule has 1 amide bonds. The molecule has 6 nitrogen and oxygen atoms in total. The Balaban J connectivity index is 1.49. The Morgan fingerprint density at radius 1 is 1.09 bits per heavy atom. The molecule has 1 aliphatic heterocycles. The predicted molar refractivity (Wildman–Crippen MR) is 143 cm³/mol. The van der Waals surface area contributed by atoms with Gasteiger partial charge in [0.25, 0.3) is 5.91 Å². The van der Waals surface area contributed by atoms with E-state index in [-0.39, 0.29) is 5.91 Å². The Bertz CT molecular complexity index is 1310. The molecule has 0 spiro atoms. The lowest BCUT2D eigenvalue weighted by atomic mass is 10.2. The first-order valence-corrected chi connectivity index (χ1v) is 12.6. The van der Waals surface area contributed by atoms with E-state index in [1.807, 2.05) is 54.6 Å². The van der Waals surface area contributed by atoms with Crippen LogP contribution in [0.1, 0.15) is 28.4 Å². The maximum atomic E-state index is 12.8. The summed E-state index contributed by atoms with van der Waals surface area (Å²) in [7, 11) is 1.68. The SMILES string of the molecule is CCOC(=O)c1cccc(N=C2SC(=Cc3ccc(OCc4ccccc4)c(Br)c3)C(=O)N2C)c1. The van der Waals surface area contributed by atoms with Crippen molar-refractivity contribution < 1.29 is 19.1 Å². The standard InChI is InChI=1S/C27H23BrN2O4S/c1-3-33-26(32)20-10-7-11-21(16-20)29-27-30(2)25(31)24(35-27)15-19-12-13-23(22(28)14-19)34-17-18-8-5-4-6-9-18/h4-16H,3,17H2,1-2H3.